The normalized spacial score (nSPS) is 19.4. The van der Waals surface area contributed by atoms with Crippen LogP contribution in [-0.2, 0) is 9.53 Å². The van der Waals surface area contributed by atoms with Crippen LogP contribution < -0.4 is 24.6 Å². The molecule has 9 heteroatoms. The molecule has 0 unspecified atom stereocenters. The van der Waals surface area contributed by atoms with Crippen molar-refractivity contribution in [2.45, 2.75) is 57.7 Å². The van der Waals surface area contributed by atoms with Gasteiger partial charge >= 0.3 is 5.97 Å². The predicted octanol–water partition coefficient (Wildman–Crippen LogP) is 6.87. The summed E-state index contributed by atoms with van der Waals surface area (Å²) in [7, 11) is 5.23. The van der Waals surface area contributed by atoms with Crippen molar-refractivity contribution in [3.63, 3.8) is 0 Å². The van der Waals surface area contributed by atoms with Gasteiger partial charge in [0.2, 0.25) is 0 Å². The molecule has 2 heterocycles. The van der Waals surface area contributed by atoms with Gasteiger partial charge in [0.15, 0.2) is 11.5 Å². The molecule has 2 aromatic carbocycles. The van der Waals surface area contributed by atoms with E-state index >= 15 is 0 Å². The average Bonchev–Trinajstić information content (AvgIpc) is 3.03. The number of hydrogen-bond acceptors (Lipinski definition) is 8. The molecular formula is C35H43ClN4O4. The second-order valence-electron chi connectivity index (χ2n) is 11.9. The van der Waals surface area contributed by atoms with Crippen LogP contribution in [0.25, 0.3) is 6.08 Å². The van der Waals surface area contributed by atoms with E-state index in [1.54, 1.807) is 7.11 Å². The fraction of sp³-hybridized carbons (Fsp3) is 0.429. The Morgan fingerprint density at radius 1 is 1.07 bits per heavy atom. The summed E-state index contributed by atoms with van der Waals surface area (Å²) in [6.45, 7) is 5.28. The number of aromatic nitrogens is 1. The minimum atomic E-state index is -0.211. The van der Waals surface area contributed by atoms with Crippen LogP contribution in [0.15, 0.2) is 60.9 Å². The van der Waals surface area contributed by atoms with Gasteiger partial charge < -0.3 is 29.3 Å². The van der Waals surface area contributed by atoms with Gasteiger partial charge in [-0.25, -0.2) is 4.98 Å². The van der Waals surface area contributed by atoms with Crippen molar-refractivity contribution in [3.8, 4) is 11.5 Å². The highest BCUT2D eigenvalue weighted by molar-refractivity contribution is 6.30. The van der Waals surface area contributed by atoms with Crippen molar-refractivity contribution < 1.29 is 19.0 Å². The highest BCUT2D eigenvalue weighted by Gasteiger charge is 2.29. The first kappa shape index (κ1) is 31.7. The number of esters is 1. The predicted molar refractivity (Wildman–Crippen MR) is 177 cm³/mol. The van der Waals surface area contributed by atoms with Crippen molar-refractivity contribution >= 4 is 35.2 Å². The maximum atomic E-state index is 11.5. The number of fused-ring (bicyclic) bond motifs is 1. The number of rotatable bonds is 11. The number of halogens is 1. The van der Waals surface area contributed by atoms with E-state index in [2.05, 4.69) is 64.8 Å². The molecule has 1 aromatic heterocycles. The minimum absolute atomic E-state index is 0.00985. The number of nitrogens with one attached hydrogen (secondary N) is 1. The first-order valence-corrected chi connectivity index (χ1v) is 15.7. The highest BCUT2D eigenvalue weighted by atomic mass is 35.5. The van der Waals surface area contributed by atoms with E-state index in [0.717, 1.165) is 60.4 Å². The van der Waals surface area contributed by atoms with Gasteiger partial charge in [0, 0.05) is 30.9 Å². The van der Waals surface area contributed by atoms with E-state index < -0.39 is 0 Å². The molecule has 1 aliphatic carbocycles. The Morgan fingerprint density at radius 3 is 2.45 bits per heavy atom. The van der Waals surface area contributed by atoms with Crippen LogP contribution in [0.1, 0.15) is 62.3 Å². The molecular weight excluding hydrogens is 576 g/mol. The molecule has 1 atom stereocenters. The van der Waals surface area contributed by atoms with Gasteiger partial charge in [-0.2, -0.15) is 0 Å². The maximum absolute atomic E-state index is 11.5. The fourth-order valence-electron chi connectivity index (χ4n) is 6.17. The Labute approximate surface area is 266 Å². The van der Waals surface area contributed by atoms with Crippen LogP contribution >= 0.6 is 11.6 Å². The Morgan fingerprint density at radius 2 is 1.82 bits per heavy atom. The Hall–Kier alpha value is -3.75. The van der Waals surface area contributed by atoms with Crippen LogP contribution in [-0.4, -0.2) is 57.5 Å². The number of pyridine rings is 1. The third-order valence-electron chi connectivity index (χ3n) is 8.48. The molecule has 1 N–H and O–H groups in total. The molecule has 3 aromatic rings. The van der Waals surface area contributed by atoms with Crippen molar-refractivity contribution in [2.24, 2.45) is 5.92 Å². The van der Waals surface area contributed by atoms with Gasteiger partial charge in [-0.15, -0.1) is 0 Å². The lowest BCUT2D eigenvalue weighted by atomic mass is 9.85. The fourth-order valence-corrected chi connectivity index (χ4v) is 6.29. The molecule has 0 spiro atoms. The monoisotopic (exact) mass is 618 g/mol. The van der Waals surface area contributed by atoms with Crippen LogP contribution in [0, 0.1) is 5.92 Å². The smallest absolute Gasteiger partial charge is 0.319 e. The molecule has 0 amide bonds. The zero-order valence-corrected chi connectivity index (χ0v) is 27.0. The number of nitrogens with zero attached hydrogens (tertiary/aromatic N) is 3. The second-order valence-corrected chi connectivity index (χ2v) is 12.3. The highest BCUT2D eigenvalue weighted by Crippen LogP contribution is 2.43. The lowest BCUT2D eigenvalue weighted by Crippen LogP contribution is -2.38. The summed E-state index contributed by atoms with van der Waals surface area (Å²) < 4.78 is 16.6. The average molecular weight is 619 g/mol. The van der Waals surface area contributed by atoms with Crippen molar-refractivity contribution in [3.05, 3.63) is 82.6 Å². The van der Waals surface area contributed by atoms with E-state index in [-0.39, 0.29) is 24.7 Å². The third-order valence-corrected chi connectivity index (χ3v) is 8.74. The molecule has 234 valence electrons. The molecule has 0 radical (unpaired) electrons. The van der Waals surface area contributed by atoms with Crippen LogP contribution in [0.4, 0.5) is 11.5 Å². The third kappa shape index (κ3) is 7.48. The summed E-state index contributed by atoms with van der Waals surface area (Å²) in [4.78, 5) is 20.9. The number of methoxy groups -OCH3 is 2. The van der Waals surface area contributed by atoms with Gasteiger partial charge in [-0.3, -0.25) is 4.79 Å². The van der Waals surface area contributed by atoms with Crippen LogP contribution in [0.2, 0.25) is 5.02 Å². The number of benzene rings is 2. The van der Waals surface area contributed by atoms with E-state index in [1.807, 2.05) is 38.2 Å². The lowest BCUT2D eigenvalue weighted by molar-refractivity contribution is -0.139. The molecule has 1 aliphatic heterocycles. The Kier molecular flexibility index (Phi) is 10.3. The molecule has 1 fully saturated rings. The Bertz CT molecular complexity index is 1440. The zero-order chi connectivity index (χ0) is 31.2. The topological polar surface area (TPSA) is 76.2 Å². The molecule has 2 aliphatic rings. The summed E-state index contributed by atoms with van der Waals surface area (Å²) in [5, 5.41) is 4.02. The van der Waals surface area contributed by atoms with Gasteiger partial charge in [-0.1, -0.05) is 23.7 Å². The number of anilines is 2. The second kappa shape index (κ2) is 14.4. The van der Waals surface area contributed by atoms with Crippen LogP contribution in [0.3, 0.4) is 0 Å². The Balaban J connectivity index is 1.33. The number of hydrogen-bond donors (Lipinski definition) is 1. The largest absolute Gasteiger partial charge is 0.493 e. The quantitative estimate of drug-likeness (QED) is 0.233. The van der Waals surface area contributed by atoms with E-state index in [0.29, 0.717) is 28.5 Å². The number of carbonyl (C=O) groups is 1. The van der Waals surface area contributed by atoms with Gasteiger partial charge in [0.1, 0.15) is 5.82 Å². The molecule has 8 nitrogen and oxygen atoms in total. The van der Waals surface area contributed by atoms with E-state index in [4.69, 9.17) is 30.8 Å². The molecule has 0 saturated heterocycles. The van der Waals surface area contributed by atoms with Crippen LogP contribution in [0.5, 0.6) is 11.5 Å². The zero-order valence-electron chi connectivity index (χ0n) is 26.3. The standard InChI is InChI=1S/C35H43ClN4O4/c1-23(2)44-32-19-30-26(18-31(32)42-4)16-17-40(35(30)25-8-10-27(36)11-9-25)33-15-14-29(20-38-33)39(3)22-24-6-12-28(13-7-24)37-21-34(41)43-5/h8-11,14-20,23-24,28,35,37H,6-7,12-13,21-22H2,1-5H3/t24?,28?,35-/m0/s1. The van der Waals surface area contributed by atoms with Crippen molar-refractivity contribution in [1.82, 2.24) is 10.3 Å². The molecule has 1 saturated carbocycles. The van der Waals surface area contributed by atoms with Gasteiger partial charge in [0.25, 0.3) is 0 Å². The van der Waals surface area contributed by atoms with E-state index in [1.165, 1.54) is 7.11 Å². The van der Waals surface area contributed by atoms with Crippen molar-refractivity contribution in [2.75, 3.05) is 44.2 Å². The SMILES string of the molecule is COC(=O)CNC1CCC(CN(C)c2ccc(N3C=Cc4cc(OC)c(OC(C)C)cc4[C@@H]3c3ccc(Cl)cc3)nc2)CC1. The summed E-state index contributed by atoms with van der Waals surface area (Å²) >= 11 is 6.28. The molecule has 0 bridgehead atoms. The van der Waals surface area contributed by atoms with Gasteiger partial charge in [0.05, 0.1) is 44.8 Å². The van der Waals surface area contributed by atoms with Gasteiger partial charge in [-0.05, 0) is 105 Å². The van der Waals surface area contributed by atoms with E-state index in [9.17, 15) is 4.79 Å². The first-order chi connectivity index (χ1) is 21.2. The lowest BCUT2D eigenvalue weighted by Gasteiger charge is -2.35. The summed E-state index contributed by atoms with van der Waals surface area (Å²) in [5.74, 6) is 2.67. The van der Waals surface area contributed by atoms with Crippen molar-refractivity contribution in [1.29, 1.82) is 0 Å². The molecule has 5 rings (SSSR count). The summed E-state index contributed by atoms with van der Waals surface area (Å²) in [5.41, 5.74) is 4.36. The number of carbonyl (C=O) groups excluding carboxylic acids is 1. The maximum Gasteiger partial charge on any atom is 0.319 e. The molecule has 44 heavy (non-hydrogen) atoms. The number of ether oxygens (including phenoxy) is 3. The summed E-state index contributed by atoms with van der Waals surface area (Å²) in [6.07, 6.45) is 10.5. The first-order valence-electron chi connectivity index (χ1n) is 15.3. The minimum Gasteiger partial charge on any atom is -0.493 e. The summed E-state index contributed by atoms with van der Waals surface area (Å²) in [6, 6.07) is 16.6.